The van der Waals surface area contributed by atoms with Crippen molar-refractivity contribution in [2.45, 2.75) is 130 Å². The van der Waals surface area contributed by atoms with E-state index in [-0.39, 0.29) is 0 Å². The maximum atomic E-state index is 2.36. The summed E-state index contributed by atoms with van der Waals surface area (Å²) in [7, 11) is 0. The average molecular weight is 359 g/mol. The predicted octanol–water partition coefficient (Wildman–Crippen LogP) is 9.11. The van der Waals surface area contributed by atoms with Crippen molar-refractivity contribution < 1.29 is 0 Å². The minimum Gasteiger partial charge on any atom is -0.0654 e. The van der Waals surface area contributed by atoms with E-state index in [1.54, 1.807) is 0 Å². The fourth-order valence-electron chi connectivity index (χ4n) is 4.09. The third-order valence-electron chi connectivity index (χ3n) is 5.60. The lowest BCUT2D eigenvalue weighted by atomic mass is 10.0. The van der Waals surface area contributed by atoms with Gasteiger partial charge in [0.15, 0.2) is 0 Å². The zero-order valence-corrected chi connectivity index (χ0v) is 18.3. The van der Waals surface area contributed by atoms with Crippen molar-refractivity contribution in [3.63, 3.8) is 0 Å². The summed E-state index contributed by atoms with van der Waals surface area (Å²) in [5.74, 6) is 0. The number of rotatable bonds is 17. The van der Waals surface area contributed by atoms with Gasteiger partial charge in [0, 0.05) is 0 Å². The molecule has 0 saturated heterocycles. The van der Waals surface area contributed by atoms with Crippen LogP contribution in [0.4, 0.5) is 0 Å². The highest BCUT2D eigenvalue weighted by Gasteiger charge is 1.98. The number of hydrogen-bond donors (Lipinski definition) is 0. The third kappa shape index (κ3) is 13.4. The summed E-state index contributed by atoms with van der Waals surface area (Å²) in [5.41, 5.74) is 4.36. The van der Waals surface area contributed by atoms with Crippen LogP contribution in [0.25, 0.3) is 0 Å². The Hall–Kier alpha value is -0.780. The van der Waals surface area contributed by atoms with E-state index in [0.29, 0.717) is 0 Å². The van der Waals surface area contributed by atoms with Gasteiger partial charge in [-0.15, -0.1) is 0 Å². The van der Waals surface area contributed by atoms with Gasteiger partial charge in [-0.25, -0.2) is 0 Å². The molecule has 1 aromatic carbocycles. The zero-order chi connectivity index (χ0) is 18.9. The minimum atomic E-state index is 1.26. The Morgan fingerprint density at radius 2 is 0.808 bits per heavy atom. The fourth-order valence-corrected chi connectivity index (χ4v) is 4.09. The van der Waals surface area contributed by atoms with Gasteiger partial charge >= 0.3 is 0 Å². The second-order valence-corrected chi connectivity index (χ2v) is 8.55. The Balaban J connectivity index is 1.79. The Labute approximate surface area is 165 Å². The predicted molar refractivity (Wildman–Crippen MR) is 119 cm³/mol. The molecule has 0 amide bonds. The van der Waals surface area contributed by atoms with Crippen LogP contribution < -0.4 is 0 Å². The Bertz CT molecular complexity index is 411. The van der Waals surface area contributed by atoms with Gasteiger partial charge < -0.3 is 0 Å². The molecular formula is C26H46. The molecule has 0 fully saturated rings. The standard InChI is InChI=1S/C26H46/c1-4-5-6-7-8-9-10-11-12-13-14-15-16-17-18-19-20-26-22-24(2)21-25(3)23-26/h21-23H,4-20H2,1-3H3. The summed E-state index contributed by atoms with van der Waals surface area (Å²) in [6, 6.07) is 6.99. The minimum absolute atomic E-state index is 1.26. The van der Waals surface area contributed by atoms with Gasteiger partial charge in [0.2, 0.25) is 0 Å². The van der Waals surface area contributed by atoms with Gasteiger partial charge in [-0.05, 0) is 32.3 Å². The molecule has 0 aliphatic heterocycles. The first-order valence-electron chi connectivity index (χ1n) is 11.8. The van der Waals surface area contributed by atoms with Crippen LogP contribution in [0.3, 0.4) is 0 Å². The summed E-state index contributed by atoms with van der Waals surface area (Å²) in [4.78, 5) is 0. The maximum Gasteiger partial charge on any atom is -0.0279 e. The van der Waals surface area contributed by atoms with Gasteiger partial charge in [-0.1, -0.05) is 133 Å². The van der Waals surface area contributed by atoms with Gasteiger partial charge in [-0.3, -0.25) is 0 Å². The van der Waals surface area contributed by atoms with Gasteiger partial charge in [0.1, 0.15) is 0 Å². The van der Waals surface area contributed by atoms with E-state index in [4.69, 9.17) is 0 Å². The van der Waals surface area contributed by atoms with Crippen LogP contribution in [-0.2, 0) is 6.42 Å². The summed E-state index contributed by atoms with van der Waals surface area (Å²) in [6.45, 7) is 6.72. The Morgan fingerprint density at radius 3 is 1.19 bits per heavy atom. The van der Waals surface area contributed by atoms with Crippen LogP contribution in [0.5, 0.6) is 0 Å². The topological polar surface area (TPSA) is 0 Å². The molecule has 0 bridgehead atoms. The van der Waals surface area contributed by atoms with Crippen LogP contribution in [0.15, 0.2) is 18.2 Å². The van der Waals surface area contributed by atoms with Gasteiger partial charge in [0.05, 0.1) is 0 Å². The van der Waals surface area contributed by atoms with Crippen LogP contribution in [0.1, 0.15) is 126 Å². The first-order valence-corrected chi connectivity index (χ1v) is 11.8. The third-order valence-corrected chi connectivity index (χ3v) is 5.60. The molecule has 0 radical (unpaired) electrons. The largest absolute Gasteiger partial charge is 0.0654 e. The van der Waals surface area contributed by atoms with Crippen molar-refractivity contribution in [3.05, 3.63) is 34.9 Å². The lowest BCUT2D eigenvalue weighted by Crippen LogP contribution is -1.89. The second kappa shape index (κ2) is 16.4. The molecule has 0 saturated carbocycles. The highest BCUT2D eigenvalue weighted by molar-refractivity contribution is 5.28. The Kier molecular flexibility index (Phi) is 14.7. The normalized spacial score (nSPS) is 11.2. The molecule has 26 heavy (non-hydrogen) atoms. The molecule has 0 atom stereocenters. The summed E-state index contributed by atoms with van der Waals surface area (Å²) < 4.78 is 0. The van der Waals surface area contributed by atoms with Gasteiger partial charge in [0.25, 0.3) is 0 Å². The summed E-state index contributed by atoms with van der Waals surface area (Å²) >= 11 is 0. The molecule has 1 rings (SSSR count). The molecule has 0 nitrogen and oxygen atoms in total. The van der Waals surface area contributed by atoms with Crippen molar-refractivity contribution in [2.24, 2.45) is 0 Å². The van der Waals surface area contributed by atoms with Crippen molar-refractivity contribution >= 4 is 0 Å². The fraction of sp³-hybridized carbons (Fsp3) is 0.769. The summed E-state index contributed by atoms with van der Waals surface area (Å²) in [6.07, 6.45) is 24.4. The van der Waals surface area contributed by atoms with E-state index >= 15 is 0 Å². The first kappa shape index (κ1) is 23.3. The lowest BCUT2D eigenvalue weighted by molar-refractivity contribution is 0.529. The van der Waals surface area contributed by atoms with Crippen LogP contribution in [0.2, 0.25) is 0 Å². The van der Waals surface area contributed by atoms with E-state index in [1.807, 2.05) is 0 Å². The first-order chi connectivity index (χ1) is 12.7. The molecule has 0 aliphatic carbocycles. The highest BCUT2D eigenvalue weighted by atomic mass is 14.0. The lowest BCUT2D eigenvalue weighted by Gasteiger charge is -2.06. The van der Waals surface area contributed by atoms with E-state index in [2.05, 4.69) is 39.0 Å². The molecule has 0 aliphatic rings. The van der Waals surface area contributed by atoms with Crippen molar-refractivity contribution in [1.82, 2.24) is 0 Å². The molecule has 0 aromatic heterocycles. The molecule has 0 N–H and O–H groups in total. The van der Waals surface area contributed by atoms with Crippen LogP contribution >= 0.6 is 0 Å². The Morgan fingerprint density at radius 1 is 0.462 bits per heavy atom. The number of unbranched alkanes of at least 4 members (excludes halogenated alkanes) is 15. The number of hydrogen-bond acceptors (Lipinski definition) is 0. The number of benzene rings is 1. The highest BCUT2D eigenvalue weighted by Crippen LogP contribution is 2.15. The van der Waals surface area contributed by atoms with Crippen molar-refractivity contribution in [3.8, 4) is 0 Å². The molecule has 1 aromatic rings. The zero-order valence-electron chi connectivity index (χ0n) is 18.3. The second-order valence-electron chi connectivity index (χ2n) is 8.55. The molecule has 150 valence electrons. The quantitative estimate of drug-likeness (QED) is 0.243. The summed E-state index contributed by atoms with van der Waals surface area (Å²) in [5, 5.41) is 0. The van der Waals surface area contributed by atoms with Crippen LogP contribution in [0, 0.1) is 13.8 Å². The molecule has 0 heterocycles. The van der Waals surface area contributed by atoms with Crippen molar-refractivity contribution in [1.29, 1.82) is 0 Å². The monoisotopic (exact) mass is 358 g/mol. The molecule has 0 spiro atoms. The SMILES string of the molecule is CCCCCCCCCCCCCCCCCCc1cc(C)cc(C)c1. The smallest absolute Gasteiger partial charge is 0.0279 e. The molecule has 0 unspecified atom stereocenters. The maximum absolute atomic E-state index is 2.36. The average Bonchev–Trinajstić information content (AvgIpc) is 2.60. The van der Waals surface area contributed by atoms with Gasteiger partial charge in [-0.2, -0.15) is 0 Å². The van der Waals surface area contributed by atoms with E-state index in [1.165, 1.54) is 126 Å². The molecule has 0 heteroatoms. The van der Waals surface area contributed by atoms with Crippen LogP contribution in [-0.4, -0.2) is 0 Å². The molecular weight excluding hydrogens is 312 g/mol. The van der Waals surface area contributed by atoms with E-state index < -0.39 is 0 Å². The van der Waals surface area contributed by atoms with E-state index in [9.17, 15) is 0 Å². The van der Waals surface area contributed by atoms with Crippen molar-refractivity contribution in [2.75, 3.05) is 0 Å². The number of aryl methyl sites for hydroxylation is 3. The van der Waals surface area contributed by atoms with E-state index in [0.717, 1.165) is 0 Å².